The number of hydrogen-bond acceptors (Lipinski definition) is 5. The number of carbonyl (C=O) groups is 1. The molecule has 6 nitrogen and oxygen atoms in total. The van der Waals surface area contributed by atoms with Crippen molar-refractivity contribution in [2.24, 2.45) is 0 Å². The van der Waals surface area contributed by atoms with Gasteiger partial charge in [0.25, 0.3) is 5.69 Å². The molecule has 2 aromatic carbocycles. The van der Waals surface area contributed by atoms with Crippen LogP contribution in [-0.4, -0.2) is 18.0 Å². The van der Waals surface area contributed by atoms with Gasteiger partial charge in [-0.15, -0.1) is 0 Å². The third-order valence-electron chi connectivity index (χ3n) is 3.68. The molecule has 0 saturated carbocycles. The fraction of sp³-hybridized carbons (Fsp3) is 0.278. The number of benzene rings is 2. The fourth-order valence-corrected chi connectivity index (χ4v) is 2.34. The minimum Gasteiger partial charge on any atom is -0.496 e. The molecule has 0 aliphatic rings. The summed E-state index contributed by atoms with van der Waals surface area (Å²) in [6.45, 7) is 3.61. The normalized spacial score (nSPS) is 11.6. The third-order valence-corrected chi connectivity index (χ3v) is 3.68. The number of nitrogens with zero attached hydrogens (tertiary/aromatic N) is 1. The van der Waals surface area contributed by atoms with Gasteiger partial charge >= 0.3 is 5.97 Å². The lowest BCUT2D eigenvalue weighted by Gasteiger charge is -2.14. The van der Waals surface area contributed by atoms with E-state index in [1.807, 2.05) is 19.1 Å². The second kappa shape index (κ2) is 7.59. The zero-order valence-corrected chi connectivity index (χ0v) is 13.8. The lowest BCUT2D eigenvalue weighted by atomic mass is 10.1. The van der Waals surface area contributed by atoms with Gasteiger partial charge in [-0.3, -0.25) is 14.9 Å². The number of nitro groups is 1. The maximum absolute atomic E-state index is 12.1. The average Bonchev–Trinajstić information content (AvgIpc) is 2.56. The Morgan fingerprint density at radius 3 is 2.67 bits per heavy atom. The largest absolute Gasteiger partial charge is 0.496 e. The highest BCUT2D eigenvalue weighted by Gasteiger charge is 2.15. The Morgan fingerprint density at radius 2 is 2.00 bits per heavy atom. The first-order valence-corrected chi connectivity index (χ1v) is 7.48. The van der Waals surface area contributed by atoms with Gasteiger partial charge in [-0.25, -0.2) is 0 Å². The van der Waals surface area contributed by atoms with Crippen molar-refractivity contribution >= 4 is 11.7 Å². The van der Waals surface area contributed by atoms with Crippen LogP contribution in [0.3, 0.4) is 0 Å². The standard InChI is InChI=1S/C18H19NO5/c1-12-7-8-14(9-17(12)23-3)10-18(20)24-13(2)15-5-4-6-16(11-15)19(21)22/h4-9,11,13H,10H2,1-3H3. The Balaban J connectivity index is 2.04. The minimum absolute atomic E-state index is 0.0290. The van der Waals surface area contributed by atoms with Crippen LogP contribution in [0.2, 0.25) is 0 Å². The summed E-state index contributed by atoms with van der Waals surface area (Å²) in [6.07, 6.45) is -0.458. The van der Waals surface area contributed by atoms with E-state index >= 15 is 0 Å². The van der Waals surface area contributed by atoms with E-state index in [9.17, 15) is 14.9 Å². The Kier molecular flexibility index (Phi) is 5.52. The van der Waals surface area contributed by atoms with Crippen LogP contribution in [0.5, 0.6) is 5.75 Å². The molecule has 0 aliphatic carbocycles. The van der Waals surface area contributed by atoms with Gasteiger partial charge in [-0.1, -0.05) is 24.3 Å². The molecule has 1 atom stereocenters. The first kappa shape index (κ1) is 17.5. The molecule has 0 N–H and O–H groups in total. The van der Waals surface area contributed by atoms with Crippen LogP contribution in [0.25, 0.3) is 0 Å². The molecule has 0 bridgehead atoms. The van der Waals surface area contributed by atoms with Crippen LogP contribution in [-0.2, 0) is 16.0 Å². The zero-order chi connectivity index (χ0) is 17.7. The molecule has 0 fully saturated rings. The number of rotatable bonds is 6. The number of carbonyl (C=O) groups excluding carboxylic acids is 1. The maximum Gasteiger partial charge on any atom is 0.310 e. The lowest BCUT2D eigenvalue weighted by Crippen LogP contribution is -2.11. The summed E-state index contributed by atoms with van der Waals surface area (Å²) in [4.78, 5) is 22.4. The molecule has 0 saturated heterocycles. The Hall–Kier alpha value is -2.89. The lowest BCUT2D eigenvalue weighted by molar-refractivity contribution is -0.385. The van der Waals surface area contributed by atoms with Crippen molar-refractivity contribution < 1.29 is 19.2 Å². The molecule has 2 aromatic rings. The molecule has 0 aromatic heterocycles. The first-order valence-electron chi connectivity index (χ1n) is 7.48. The highest BCUT2D eigenvalue weighted by atomic mass is 16.6. The van der Waals surface area contributed by atoms with E-state index in [1.165, 1.54) is 12.1 Å². The molecule has 0 aliphatic heterocycles. The smallest absolute Gasteiger partial charge is 0.310 e. The van der Waals surface area contributed by atoms with E-state index in [1.54, 1.807) is 32.2 Å². The van der Waals surface area contributed by atoms with Crippen molar-refractivity contribution in [2.45, 2.75) is 26.4 Å². The predicted octanol–water partition coefficient (Wildman–Crippen LogP) is 3.76. The summed E-state index contributed by atoms with van der Waals surface area (Å²) in [5.74, 6) is 0.312. The molecule has 2 rings (SSSR count). The van der Waals surface area contributed by atoms with Crippen LogP contribution in [0.15, 0.2) is 42.5 Å². The van der Waals surface area contributed by atoms with E-state index in [2.05, 4.69) is 0 Å². The maximum atomic E-state index is 12.1. The summed E-state index contributed by atoms with van der Waals surface area (Å²) in [5.41, 5.74) is 2.32. The molecule has 0 spiro atoms. The molecule has 0 amide bonds. The summed E-state index contributed by atoms with van der Waals surface area (Å²) in [6, 6.07) is 11.6. The molecule has 0 heterocycles. The third kappa shape index (κ3) is 4.32. The summed E-state index contributed by atoms with van der Waals surface area (Å²) in [7, 11) is 1.58. The molecule has 24 heavy (non-hydrogen) atoms. The second-order valence-corrected chi connectivity index (χ2v) is 5.46. The Bertz CT molecular complexity index is 757. The van der Waals surface area contributed by atoms with Gasteiger partial charge in [-0.2, -0.15) is 0 Å². The van der Waals surface area contributed by atoms with Gasteiger partial charge < -0.3 is 9.47 Å². The zero-order valence-electron chi connectivity index (χ0n) is 13.8. The summed E-state index contributed by atoms with van der Waals surface area (Å²) in [5, 5.41) is 10.8. The number of esters is 1. The molecule has 126 valence electrons. The molecular weight excluding hydrogens is 310 g/mol. The van der Waals surface area contributed by atoms with Gasteiger partial charge in [0.05, 0.1) is 18.5 Å². The van der Waals surface area contributed by atoms with Gasteiger partial charge in [0.2, 0.25) is 0 Å². The number of non-ortho nitro benzene ring substituents is 1. The van der Waals surface area contributed by atoms with Crippen molar-refractivity contribution in [2.75, 3.05) is 7.11 Å². The summed E-state index contributed by atoms with van der Waals surface area (Å²) >= 11 is 0. The quantitative estimate of drug-likeness (QED) is 0.458. The van der Waals surface area contributed by atoms with Crippen LogP contribution in [0, 0.1) is 17.0 Å². The Labute approximate surface area is 140 Å². The number of ether oxygens (including phenoxy) is 2. The van der Waals surface area contributed by atoms with E-state index in [-0.39, 0.29) is 12.1 Å². The van der Waals surface area contributed by atoms with Gasteiger partial charge in [-0.05, 0) is 36.6 Å². The van der Waals surface area contributed by atoms with Crippen LogP contribution < -0.4 is 4.74 Å². The van der Waals surface area contributed by atoms with Crippen molar-refractivity contribution in [1.29, 1.82) is 0 Å². The van der Waals surface area contributed by atoms with E-state index in [4.69, 9.17) is 9.47 Å². The van der Waals surface area contributed by atoms with Crippen molar-refractivity contribution in [3.05, 3.63) is 69.3 Å². The highest BCUT2D eigenvalue weighted by Crippen LogP contribution is 2.23. The van der Waals surface area contributed by atoms with Gasteiger partial charge in [0, 0.05) is 12.1 Å². The SMILES string of the molecule is COc1cc(CC(=O)OC(C)c2cccc([N+](=O)[O-])c2)ccc1C. The number of aryl methyl sites for hydroxylation is 1. The molecule has 6 heteroatoms. The predicted molar refractivity (Wildman–Crippen MR) is 89.0 cm³/mol. The first-order chi connectivity index (χ1) is 11.4. The highest BCUT2D eigenvalue weighted by molar-refractivity contribution is 5.73. The van der Waals surface area contributed by atoms with Gasteiger partial charge in [0.1, 0.15) is 11.9 Å². The minimum atomic E-state index is -0.565. The average molecular weight is 329 g/mol. The topological polar surface area (TPSA) is 78.7 Å². The van der Waals surface area contributed by atoms with E-state index in [0.717, 1.165) is 11.1 Å². The summed E-state index contributed by atoms with van der Waals surface area (Å²) < 4.78 is 10.6. The molecule has 1 unspecified atom stereocenters. The van der Waals surface area contributed by atoms with Crippen LogP contribution >= 0.6 is 0 Å². The monoisotopic (exact) mass is 329 g/mol. The van der Waals surface area contributed by atoms with Crippen molar-refractivity contribution in [1.82, 2.24) is 0 Å². The van der Waals surface area contributed by atoms with Crippen LogP contribution in [0.1, 0.15) is 29.7 Å². The molecular formula is C18H19NO5. The Morgan fingerprint density at radius 1 is 1.25 bits per heavy atom. The fourth-order valence-electron chi connectivity index (χ4n) is 2.34. The number of methoxy groups -OCH3 is 1. The van der Waals surface area contributed by atoms with E-state index < -0.39 is 17.0 Å². The van der Waals surface area contributed by atoms with Crippen molar-refractivity contribution in [3.8, 4) is 5.75 Å². The van der Waals surface area contributed by atoms with Crippen LogP contribution in [0.4, 0.5) is 5.69 Å². The second-order valence-electron chi connectivity index (χ2n) is 5.46. The van der Waals surface area contributed by atoms with Crippen molar-refractivity contribution in [3.63, 3.8) is 0 Å². The number of hydrogen-bond donors (Lipinski definition) is 0. The van der Waals surface area contributed by atoms with E-state index in [0.29, 0.717) is 11.3 Å². The van der Waals surface area contributed by atoms with Gasteiger partial charge in [0.15, 0.2) is 0 Å². The number of nitro benzene ring substituents is 1. The molecule has 0 radical (unpaired) electrons.